The summed E-state index contributed by atoms with van der Waals surface area (Å²) in [4.78, 5) is 0. The van der Waals surface area contributed by atoms with Gasteiger partial charge in [-0.05, 0) is 24.1 Å². The van der Waals surface area contributed by atoms with Gasteiger partial charge >= 0.3 is 0 Å². The van der Waals surface area contributed by atoms with Gasteiger partial charge in [0, 0.05) is 18.6 Å². The normalized spacial score (nSPS) is 19.4. The molecular formula is C15H21F2NO3. The van der Waals surface area contributed by atoms with Crippen LogP contribution in [0.15, 0.2) is 18.2 Å². The van der Waals surface area contributed by atoms with E-state index in [9.17, 15) is 8.78 Å². The number of ether oxygens (including phenoxy) is 3. The van der Waals surface area contributed by atoms with Crippen LogP contribution in [-0.4, -0.2) is 32.9 Å². The van der Waals surface area contributed by atoms with E-state index >= 15 is 0 Å². The summed E-state index contributed by atoms with van der Waals surface area (Å²) in [6.45, 7) is 2.94. The second kappa shape index (κ2) is 7.56. The minimum absolute atomic E-state index is 0.205. The molecule has 1 aliphatic heterocycles. The Morgan fingerprint density at radius 2 is 2.00 bits per heavy atom. The number of fused-ring (bicyclic) bond motifs is 1. The molecule has 0 aromatic heterocycles. The van der Waals surface area contributed by atoms with Crippen LogP contribution in [-0.2, 0) is 4.74 Å². The maximum absolute atomic E-state index is 12.0. The van der Waals surface area contributed by atoms with Crippen molar-refractivity contribution in [2.45, 2.75) is 25.8 Å². The lowest BCUT2D eigenvalue weighted by molar-refractivity contribution is 0.0152. The summed E-state index contributed by atoms with van der Waals surface area (Å²) in [6, 6.07) is 5.28. The summed E-state index contributed by atoms with van der Waals surface area (Å²) in [5, 5.41) is 0. The predicted octanol–water partition coefficient (Wildman–Crippen LogP) is 2.77. The first-order valence-electron chi connectivity index (χ1n) is 7.07. The molecule has 2 N–H and O–H groups in total. The van der Waals surface area contributed by atoms with Crippen molar-refractivity contribution in [2.75, 3.05) is 26.4 Å². The van der Waals surface area contributed by atoms with E-state index in [-0.39, 0.29) is 12.6 Å². The average molecular weight is 301 g/mol. The summed E-state index contributed by atoms with van der Waals surface area (Å²) in [7, 11) is 0. The molecule has 2 atom stereocenters. The number of alkyl halides is 2. The molecule has 0 fully saturated rings. The Labute approximate surface area is 123 Å². The van der Waals surface area contributed by atoms with Gasteiger partial charge in [0.2, 0.25) is 0 Å². The van der Waals surface area contributed by atoms with Crippen molar-refractivity contribution in [2.24, 2.45) is 11.7 Å². The zero-order chi connectivity index (χ0) is 15.2. The van der Waals surface area contributed by atoms with Crippen molar-refractivity contribution in [3.63, 3.8) is 0 Å². The third kappa shape index (κ3) is 4.82. The van der Waals surface area contributed by atoms with Gasteiger partial charge in [-0.1, -0.05) is 13.0 Å². The topological polar surface area (TPSA) is 53.7 Å². The molecule has 1 aromatic carbocycles. The molecule has 0 saturated carbocycles. The molecule has 0 radical (unpaired) electrons. The van der Waals surface area contributed by atoms with Crippen molar-refractivity contribution in [3.05, 3.63) is 23.8 Å². The number of hydrogen-bond donors (Lipinski definition) is 1. The van der Waals surface area contributed by atoms with Gasteiger partial charge in [0.1, 0.15) is 6.61 Å². The fourth-order valence-electron chi connectivity index (χ4n) is 2.05. The zero-order valence-electron chi connectivity index (χ0n) is 12.1. The van der Waals surface area contributed by atoms with Gasteiger partial charge in [0.05, 0.1) is 13.2 Å². The summed E-state index contributed by atoms with van der Waals surface area (Å²) in [6.07, 6.45) is -1.97. The smallest absolute Gasteiger partial charge is 0.261 e. The lowest BCUT2D eigenvalue weighted by atomic mass is 10.0. The monoisotopic (exact) mass is 301 g/mol. The van der Waals surface area contributed by atoms with Gasteiger partial charge in [0.15, 0.2) is 11.5 Å². The number of hydrogen-bond acceptors (Lipinski definition) is 4. The van der Waals surface area contributed by atoms with Crippen LogP contribution in [0, 0.1) is 5.92 Å². The molecule has 21 heavy (non-hydrogen) atoms. The minimum atomic E-state index is -2.44. The quantitative estimate of drug-likeness (QED) is 0.821. The molecule has 1 aliphatic rings. The molecule has 4 nitrogen and oxygen atoms in total. The van der Waals surface area contributed by atoms with E-state index in [0.29, 0.717) is 37.1 Å². The first kappa shape index (κ1) is 16.0. The van der Waals surface area contributed by atoms with Crippen LogP contribution < -0.4 is 15.2 Å². The van der Waals surface area contributed by atoms with Crippen LogP contribution >= 0.6 is 0 Å². The first-order valence-corrected chi connectivity index (χ1v) is 7.07. The van der Waals surface area contributed by atoms with Gasteiger partial charge in [-0.15, -0.1) is 0 Å². The Bertz CT molecular complexity index is 457. The van der Waals surface area contributed by atoms with E-state index in [2.05, 4.69) is 6.92 Å². The van der Waals surface area contributed by atoms with E-state index in [1.54, 1.807) is 0 Å². The van der Waals surface area contributed by atoms with Crippen molar-refractivity contribution in [1.82, 2.24) is 0 Å². The molecule has 118 valence electrons. The third-order valence-corrected chi connectivity index (χ3v) is 3.26. The largest absolute Gasteiger partial charge is 0.489 e. The highest BCUT2D eigenvalue weighted by Crippen LogP contribution is 2.33. The average Bonchev–Trinajstić information content (AvgIpc) is 2.65. The van der Waals surface area contributed by atoms with Crippen molar-refractivity contribution >= 4 is 0 Å². The molecule has 0 saturated heterocycles. The number of benzene rings is 1. The van der Waals surface area contributed by atoms with Gasteiger partial charge in [-0.3, -0.25) is 0 Å². The maximum Gasteiger partial charge on any atom is 0.261 e. The van der Waals surface area contributed by atoms with Crippen molar-refractivity contribution in [3.8, 4) is 11.5 Å². The Kier molecular flexibility index (Phi) is 5.76. The molecule has 0 spiro atoms. The van der Waals surface area contributed by atoms with Gasteiger partial charge in [0.25, 0.3) is 6.43 Å². The Morgan fingerprint density at radius 1 is 1.29 bits per heavy atom. The number of rotatable bonds is 6. The maximum atomic E-state index is 12.0. The number of halogens is 2. The Balaban J connectivity index is 1.91. The lowest BCUT2D eigenvalue weighted by Gasteiger charge is -2.15. The lowest BCUT2D eigenvalue weighted by Crippen LogP contribution is -2.15. The highest BCUT2D eigenvalue weighted by atomic mass is 19.3. The first-order chi connectivity index (χ1) is 10.1. The highest BCUT2D eigenvalue weighted by molar-refractivity contribution is 5.44. The molecular weight excluding hydrogens is 280 g/mol. The molecule has 0 amide bonds. The zero-order valence-corrected chi connectivity index (χ0v) is 12.1. The fraction of sp³-hybridized carbons (Fsp3) is 0.600. The van der Waals surface area contributed by atoms with Gasteiger partial charge in [-0.25, -0.2) is 8.78 Å². The minimum Gasteiger partial charge on any atom is -0.489 e. The summed E-state index contributed by atoms with van der Waals surface area (Å²) < 4.78 is 40.1. The van der Waals surface area contributed by atoms with Crippen LogP contribution in [0.2, 0.25) is 0 Å². The SMILES string of the molecule is CC1COc2ccc(C(N)CCOCC(F)F)cc2OC1. The van der Waals surface area contributed by atoms with Crippen LogP contribution in [0.25, 0.3) is 0 Å². The molecule has 1 heterocycles. The predicted molar refractivity (Wildman–Crippen MR) is 75.0 cm³/mol. The van der Waals surface area contributed by atoms with E-state index in [1.807, 2.05) is 18.2 Å². The fourth-order valence-corrected chi connectivity index (χ4v) is 2.05. The van der Waals surface area contributed by atoms with E-state index in [0.717, 1.165) is 5.56 Å². The van der Waals surface area contributed by atoms with Crippen molar-refractivity contribution in [1.29, 1.82) is 0 Å². The highest BCUT2D eigenvalue weighted by Gasteiger charge is 2.17. The standard InChI is InChI=1S/C15H21F2NO3/c1-10-7-20-13-3-2-11(6-14(13)21-8-10)12(18)4-5-19-9-15(16)17/h2-3,6,10,12,15H,4-5,7-9,18H2,1H3. The molecule has 0 bridgehead atoms. The molecule has 1 aromatic rings. The summed E-state index contributed by atoms with van der Waals surface area (Å²) in [5.74, 6) is 1.72. The van der Waals surface area contributed by atoms with Crippen LogP contribution in [0.5, 0.6) is 11.5 Å². The molecule has 2 unspecified atom stereocenters. The second-order valence-electron chi connectivity index (χ2n) is 5.29. The van der Waals surface area contributed by atoms with Crippen LogP contribution in [0.1, 0.15) is 24.9 Å². The Morgan fingerprint density at radius 3 is 2.71 bits per heavy atom. The molecule has 2 rings (SSSR count). The second-order valence-corrected chi connectivity index (χ2v) is 5.29. The summed E-state index contributed by atoms with van der Waals surface area (Å²) >= 11 is 0. The van der Waals surface area contributed by atoms with E-state index in [4.69, 9.17) is 19.9 Å². The van der Waals surface area contributed by atoms with Gasteiger partial charge < -0.3 is 19.9 Å². The number of nitrogens with two attached hydrogens (primary N) is 1. The summed E-state index contributed by atoms with van der Waals surface area (Å²) in [5.41, 5.74) is 6.93. The van der Waals surface area contributed by atoms with Crippen LogP contribution in [0.4, 0.5) is 8.78 Å². The van der Waals surface area contributed by atoms with Gasteiger partial charge in [-0.2, -0.15) is 0 Å². The van der Waals surface area contributed by atoms with E-state index in [1.165, 1.54) is 0 Å². The Hall–Kier alpha value is -1.40. The van der Waals surface area contributed by atoms with E-state index < -0.39 is 13.0 Å². The van der Waals surface area contributed by atoms with Crippen LogP contribution in [0.3, 0.4) is 0 Å². The molecule has 0 aliphatic carbocycles. The van der Waals surface area contributed by atoms with Crippen molar-refractivity contribution < 1.29 is 23.0 Å². The molecule has 6 heteroatoms. The third-order valence-electron chi connectivity index (χ3n) is 3.26.